The Morgan fingerprint density at radius 3 is 1.90 bits per heavy atom. The molecule has 21 heavy (non-hydrogen) atoms. The summed E-state index contributed by atoms with van der Waals surface area (Å²) < 4.78 is 33.5. The highest BCUT2D eigenvalue weighted by Gasteiger charge is 2.16. The molecule has 0 aromatic heterocycles. The molecule has 5 nitrogen and oxygen atoms in total. The van der Waals surface area contributed by atoms with Gasteiger partial charge in [0.1, 0.15) is 0 Å². The van der Waals surface area contributed by atoms with E-state index >= 15 is 0 Å². The van der Waals surface area contributed by atoms with Gasteiger partial charge in [-0.05, 0) is 24.7 Å². The van der Waals surface area contributed by atoms with Crippen molar-refractivity contribution < 1.29 is 17.2 Å². The van der Waals surface area contributed by atoms with Gasteiger partial charge in [0.05, 0.1) is 6.61 Å². The number of rotatable bonds is 13. The average Bonchev–Trinajstić information content (AvgIpc) is 2.31. The average molecular weight is 326 g/mol. The molecule has 130 valence electrons. The first-order valence-electron chi connectivity index (χ1n) is 7.89. The largest absolute Gasteiger partial charge is 0.397 e. The molecule has 0 rings (SSSR count). The Bertz CT molecular complexity index is 329. The predicted octanol–water partition coefficient (Wildman–Crippen LogP) is 4.91. The number of unbranched alkanes of at least 4 members (excludes halogenated alkanes) is 6. The third-order valence-electron chi connectivity index (χ3n) is 3.69. The molecule has 0 aromatic rings. The Morgan fingerprint density at radius 1 is 0.905 bits per heavy atom. The molecule has 0 atom stereocenters. The lowest BCUT2D eigenvalue weighted by Crippen LogP contribution is -2.12. The maximum absolute atomic E-state index is 10.4. The molecule has 0 saturated carbocycles. The quantitative estimate of drug-likeness (QED) is 0.370. The van der Waals surface area contributed by atoms with E-state index < -0.39 is 10.4 Å². The lowest BCUT2D eigenvalue weighted by molar-refractivity contribution is 0.241. The van der Waals surface area contributed by atoms with Crippen molar-refractivity contribution in [2.45, 2.75) is 85.0 Å². The molecule has 0 aliphatic carbocycles. The normalized spacial score (nSPS) is 12.2. The van der Waals surface area contributed by atoms with Crippen LogP contribution in [0.1, 0.15) is 85.0 Å². The van der Waals surface area contributed by atoms with Crippen molar-refractivity contribution in [1.82, 2.24) is 6.15 Å². The zero-order valence-corrected chi connectivity index (χ0v) is 14.9. The van der Waals surface area contributed by atoms with E-state index in [1.54, 1.807) is 0 Å². The van der Waals surface area contributed by atoms with Crippen molar-refractivity contribution in [1.29, 1.82) is 0 Å². The van der Waals surface area contributed by atoms with Crippen LogP contribution in [0.5, 0.6) is 0 Å². The Hall–Kier alpha value is -0.170. The van der Waals surface area contributed by atoms with Crippen LogP contribution in [0.2, 0.25) is 0 Å². The van der Waals surface area contributed by atoms with E-state index in [4.69, 9.17) is 4.55 Å². The fraction of sp³-hybridized carbons (Fsp3) is 1.00. The van der Waals surface area contributed by atoms with Crippen LogP contribution >= 0.6 is 0 Å². The van der Waals surface area contributed by atoms with Gasteiger partial charge in [0, 0.05) is 0 Å². The molecular formula is C15H35NO4S. The minimum absolute atomic E-state index is 0. The van der Waals surface area contributed by atoms with E-state index in [1.807, 2.05) is 0 Å². The highest BCUT2D eigenvalue weighted by molar-refractivity contribution is 7.80. The lowest BCUT2D eigenvalue weighted by atomic mass is 9.82. The van der Waals surface area contributed by atoms with Crippen molar-refractivity contribution in [3.8, 4) is 0 Å². The summed E-state index contributed by atoms with van der Waals surface area (Å²) >= 11 is 0. The van der Waals surface area contributed by atoms with Crippen molar-refractivity contribution in [2.24, 2.45) is 5.41 Å². The van der Waals surface area contributed by atoms with Gasteiger partial charge in [-0.2, -0.15) is 8.42 Å². The van der Waals surface area contributed by atoms with Crippen molar-refractivity contribution >= 4 is 10.4 Å². The highest BCUT2D eigenvalue weighted by Crippen LogP contribution is 2.30. The molecule has 0 amide bonds. The molecule has 0 aliphatic rings. The SMILES string of the molecule is CCCCCCCCC(C)(C)CCCCOS(=O)(=O)O.N. The molecule has 0 fully saturated rings. The minimum atomic E-state index is -4.27. The van der Waals surface area contributed by atoms with Crippen LogP contribution in [0.4, 0.5) is 0 Å². The Morgan fingerprint density at radius 2 is 1.38 bits per heavy atom. The van der Waals surface area contributed by atoms with Gasteiger partial charge in [-0.15, -0.1) is 0 Å². The topological polar surface area (TPSA) is 98.6 Å². The molecule has 0 saturated heterocycles. The van der Waals surface area contributed by atoms with Crippen LogP contribution in [0.25, 0.3) is 0 Å². The van der Waals surface area contributed by atoms with E-state index in [-0.39, 0.29) is 12.8 Å². The molecule has 0 unspecified atom stereocenters. The van der Waals surface area contributed by atoms with E-state index in [0.717, 1.165) is 12.8 Å². The van der Waals surface area contributed by atoms with Crippen LogP contribution in [0.15, 0.2) is 0 Å². The van der Waals surface area contributed by atoms with Crippen LogP contribution in [0, 0.1) is 5.41 Å². The smallest absolute Gasteiger partial charge is 0.344 e. The number of hydrogen-bond acceptors (Lipinski definition) is 4. The molecular weight excluding hydrogens is 290 g/mol. The van der Waals surface area contributed by atoms with Gasteiger partial charge in [-0.1, -0.05) is 65.7 Å². The van der Waals surface area contributed by atoms with E-state index in [1.165, 1.54) is 44.9 Å². The number of hydrogen-bond donors (Lipinski definition) is 2. The summed E-state index contributed by atoms with van der Waals surface area (Å²) in [5.41, 5.74) is 0.308. The lowest BCUT2D eigenvalue weighted by Gasteiger charge is -2.24. The second-order valence-electron chi connectivity index (χ2n) is 6.39. The highest BCUT2D eigenvalue weighted by atomic mass is 32.3. The zero-order chi connectivity index (χ0) is 15.5. The van der Waals surface area contributed by atoms with Gasteiger partial charge in [0.25, 0.3) is 0 Å². The Kier molecular flexibility index (Phi) is 13.6. The predicted molar refractivity (Wildman–Crippen MR) is 88.1 cm³/mol. The van der Waals surface area contributed by atoms with Gasteiger partial charge < -0.3 is 6.15 Å². The monoisotopic (exact) mass is 325 g/mol. The summed E-state index contributed by atoms with van der Waals surface area (Å²) in [6, 6.07) is 0. The fourth-order valence-corrected chi connectivity index (χ4v) is 2.71. The molecule has 6 heteroatoms. The molecule has 4 N–H and O–H groups in total. The first-order chi connectivity index (χ1) is 9.27. The second-order valence-corrected chi connectivity index (χ2v) is 7.48. The fourth-order valence-electron chi connectivity index (χ4n) is 2.38. The maximum atomic E-state index is 10.4. The van der Waals surface area contributed by atoms with Crippen molar-refractivity contribution in [3.63, 3.8) is 0 Å². The molecule has 0 aliphatic heterocycles. The second kappa shape index (κ2) is 12.4. The molecule has 0 aromatic carbocycles. The summed E-state index contributed by atoms with van der Waals surface area (Å²) in [6.45, 7) is 6.84. The van der Waals surface area contributed by atoms with E-state index in [2.05, 4.69) is 25.0 Å². The first-order valence-corrected chi connectivity index (χ1v) is 9.25. The first kappa shape index (κ1) is 23.1. The van der Waals surface area contributed by atoms with E-state index in [9.17, 15) is 8.42 Å². The van der Waals surface area contributed by atoms with Crippen molar-refractivity contribution in [3.05, 3.63) is 0 Å². The van der Waals surface area contributed by atoms with Gasteiger partial charge in [-0.25, -0.2) is 4.18 Å². The maximum Gasteiger partial charge on any atom is 0.397 e. The Balaban J connectivity index is 0. The summed E-state index contributed by atoms with van der Waals surface area (Å²) in [7, 11) is -4.27. The Labute approximate surface area is 131 Å². The van der Waals surface area contributed by atoms with Crippen LogP contribution in [-0.2, 0) is 14.6 Å². The van der Waals surface area contributed by atoms with Gasteiger partial charge in [-0.3, -0.25) is 4.55 Å². The van der Waals surface area contributed by atoms with Crippen LogP contribution in [0.3, 0.4) is 0 Å². The molecule has 0 bridgehead atoms. The molecule has 0 heterocycles. The van der Waals surface area contributed by atoms with Crippen LogP contribution in [-0.4, -0.2) is 19.6 Å². The van der Waals surface area contributed by atoms with Crippen LogP contribution < -0.4 is 6.15 Å². The van der Waals surface area contributed by atoms with Crippen molar-refractivity contribution in [2.75, 3.05) is 6.61 Å². The molecule has 0 spiro atoms. The van der Waals surface area contributed by atoms with Gasteiger partial charge >= 0.3 is 10.4 Å². The van der Waals surface area contributed by atoms with E-state index in [0.29, 0.717) is 11.8 Å². The van der Waals surface area contributed by atoms with Gasteiger partial charge in [0.15, 0.2) is 0 Å². The summed E-state index contributed by atoms with van der Waals surface area (Å²) in [6.07, 6.45) is 11.8. The van der Waals surface area contributed by atoms with Gasteiger partial charge in [0.2, 0.25) is 0 Å². The standard InChI is InChI=1S/C15H32O4S.H3N/c1-4-5-6-7-8-9-12-15(2,3)13-10-11-14-19-20(16,17)18;/h4-14H2,1-3H3,(H,16,17,18);1H3. The molecule has 0 radical (unpaired) electrons. The minimum Gasteiger partial charge on any atom is -0.344 e. The summed E-state index contributed by atoms with van der Waals surface area (Å²) in [5.74, 6) is 0. The summed E-state index contributed by atoms with van der Waals surface area (Å²) in [4.78, 5) is 0. The third-order valence-corrected chi connectivity index (χ3v) is 4.15. The zero-order valence-electron chi connectivity index (χ0n) is 14.1. The summed E-state index contributed by atoms with van der Waals surface area (Å²) in [5, 5.41) is 0. The third kappa shape index (κ3) is 17.8.